The second-order valence-electron chi connectivity index (χ2n) is 8.36. The van der Waals surface area contributed by atoms with Crippen molar-refractivity contribution < 1.29 is 32.2 Å². The second kappa shape index (κ2) is 9.40. The Kier molecular flexibility index (Phi) is 6.54. The van der Waals surface area contributed by atoms with Gasteiger partial charge in [-0.05, 0) is 54.7 Å². The Morgan fingerprint density at radius 1 is 1.12 bits per heavy atom. The molecule has 1 aromatic heterocycles. The third-order valence-electron chi connectivity index (χ3n) is 6.24. The largest absolute Gasteiger partial charge is 0.481 e. The van der Waals surface area contributed by atoms with E-state index < -0.39 is 29.5 Å². The maximum Gasteiger partial charge on any atom is 0.416 e. The van der Waals surface area contributed by atoms with Crippen LogP contribution in [0.1, 0.15) is 47.6 Å². The Labute approximate surface area is 194 Å². The van der Waals surface area contributed by atoms with Gasteiger partial charge in [0.05, 0.1) is 24.1 Å². The monoisotopic (exact) mass is 474 g/mol. The van der Waals surface area contributed by atoms with E-state index in [1.807, 2.05) is 10.6 Å². The topological polar surface area (TPSA) is 83.6 Å². The molecule has 1 heterocycles. The number of methoxy groups -OCH3 is 1. The molecule has 0 aliphatic heterocycles. The first kappa shape index (κ1) is 23.7. The first-order valence-electron chi connectivity index (χ1n) is 11.0. The highest BCUT2D eigenvalue weighted by Gasteiger charge is 2.32. The number of aromatic nitrogens is 1. The summed E-state index contributed by atoms with van der Waals surface area (Å²) >= 11 is 0. The van der Waals surface area contributed by atoms with Crippen molar-refractivity contribution in [2.45, 2.75) is 44.3 Å². The molecule has 2 N–H and O–H groups in total. The molecule has 3 aromatic rings. The standard InChI is InChI=1S/C25H25F3N2O4/c1-33-21(31)14-34-20-8-4-7-19-23(20)22-17(24(29)32)5-2-3-6-18(22)30(19)13-15-9-11-16(12-10-15)25(26,27)28/h4,7-12,17H,2-3,5-6,13-14H2,1H3,(H2,29,32). The van der Waals surface area contributed by atoms with E-state index in [4.69, 9.17) is 10.5 Å². The minimum atomic E-state index is -4.41. The van der Waals surface area contributed by atoms with Gasteiger partial charge in [0.25, 0.3) is 0 Å². The van der Waals surface area contributed by atoms with E-state index in [9.17, 15) is 22.8 Å². The number of amides is 1. The van der Waals surface area contributed by atoms with E-state index in [0.29, 0.717) is 36.1 Å². The van der Waals surface area contributed by atoms with Crippen molar-refractivity contribution in [1.29, 1.82) is 0 Å². The van der Waals surface area contributed by atoms with Gasteiger partial charge in [0.2, 0.25) is 5.91 Å². The van der Waals surface area contributed by atoms with E-state index in [0.717, 1.165) is 41.7 Å². The summed E-state index contributed by atoms with van der Waals surface area (Å²) in [5.41, 5.74) is 8.21. The summed E-state index contributed by atoms with van der Waals surface area (Å²) in [6, 6.07) is 10.4. The van der Waals surface area contributed by atoms with Crippen molar-refractivity contribution in [3.05, 3.63) is 64.8 Å². The minimum absolute atomic E-state index is 0.296. The number of carbonyl (C=O) groups excluding carboxylic acids is 2. The van der Waals surface area contributed by atoms with Crippen molar-refractivity contribution >= 4 is 22.8 Å². The van der Waals surface area contributed by atoms with Crippen LogP contribution >= 0.6 is 0 Å². The molecule has 1 atom stereocenters. The zero-order chi connectivity index (χ0) is 24.5. The summed E-state index contributed by atoms with van der Waals surface area (Å²) in [5, 5.41) is 0.694. The van der Waals surface area contributed by atoms with Gasteiger partial charge in [0, 0.05) is 17.6 Å². The number of halogens is 3. The van der Waals surface area contributed by atoms with Crippen LogP contribution in [0.3, 0.4) is 0 Å². The van der Waals surface area contributed by atoms with Crippen LogP contribution in [0, 0.1) is 0 Å². The number of primary amides is 1. The predicted octanol–water partition coefficient (Wildman–Crippen LogP) is 4.56. The molecule has 0 bridgehead atoms. The molecule has 180 valence electrons. The van der Waals surface area contributed by atoms with E-state index in [1.165, 1.54) is 19.2 Å². The Bertz CT molecular complexity index is 1220. The molecule has 2 aromatic carbocycles. The molecule has 0 radical (unpaired) electrons. The van der Waals surface area contributed by atoms with Gasteiger partial charge in [-0.1, -0.05) is 24.6 Å². The summed E-state index contributed by atoms with van der Waals surface area (Å²) in [7, 11) is 1.27. The van der Waals surface area contributed by atoms with Gasteiger partial charge in [-0.25, -0.2) is 4.79 Å². The lowest BCUT2D eigenvalue weighted by molar-refractivity contribution is -0.143. The molecular weight excluding hydrogens is 449 g/mol. The molecule has 9 heteroatoms. The quantitative estimate of drug-likeness (QED) is 0.420. The molecule has 34 heavy (non-hydrogen) atoms. The number of hydrogen-bond donors (Lipinski definition) is 1. The molecule has 1 unspecified atom stereocenters. The highest BCUT2D eigenvalue weighted by Crippen LogP contribution is 2.42. The number of carbonyl (C=O) groups is 2. The van der Waals surface area contributed by atoms with Gasteiger partial charge in [-0.15, -0.1) is 0 Å². The van der Waals surface area contributed by atoms with Gasteiger partial charge in [0.15, 0.2) is 6.61 Å². The summed E-state index contributed by atoms with van der Waals surface area (Å²) in [6.07, 6.45) is -1.47. The van der Waals surface area contributed by atoms with Gasteiger partial charge < -0.3 is 19.8 Å². The molecule has 0 spiro atoms. The van der Waals surface area contributed by atoms with Crippen LogP contribution in [0.5, 0.6) is 5.75 Å². The van der Waals surface area contributed by atoms with E-state index >= 15 is 0 Å². The average molecular weight is 474 g/mol. The molecule has 6 nitrogen and oxygen atoms in total. The summed E-state index contributed by atoms with van der Waals surface area (Å²) in [4.78, 5) is 24.1. The van der Waals surface area contributed by atoms with Crippen LogP contribution in [0.2, 0.25) is 0 Å². The first-order chi connectivity index (χ1) is 16.2. The fraction of sp³-hybridized carbons (Fsp3) is 0.360. The van der Waals surface area contributed by atoms with Crippen molar-refractivity contribution in [3.63, 3.8) is 0 Å². The summed E-state index contributed by atoms with van der Waals surface area (Å²) in [5.74, 6) is -1.09. The first-order valence-corrected chi connectivity index (χ1v) is 11.0. The van der Waals surface area contributed by atoms with E-state index in [1.54, 1.807) is 12.1 Å². The number of alkyl halides is 3. The van der Waals surface area contributed by atoms with E-state index in [-0.39, 0.29) is 6.61 Å². The fourth-order valence-corrected chi connectivity index (χ4v) is 4.64. The number of rotatable bonds is 6. The molecular formula is C25H25F3N2O4. The molecule has 0 saturated heterocycles. The smallest absolute Gasteiger partial charge is 0.416 e. The third kappa shape index (κ3) is 4.60. The normalized spacial score (nSPS) is 16.1. The number of nitrogens with zero attached hydrogens (tertiary/aromatic N) is 1. The summed E-state index contributed by atoms with van der Waals surface area (Å²) < 4.78 is 51.4. The molecule has 0 saturated carbocycles. The Balaban J connectivity index is 1.85. The maximum atomic E-state index is 13.0. The molecule has 1 amide bonds. The number of esters is 1. The SMILES string of the molecule is COC(=O)COc1cccc2c1c1c(n2Cc2ccc(C(F)(F)F)cc2)CCCCC1C(N)=O. The molecule has 1 aliphatic rings. The number of ether oxygens (including phenoxy) is 2. The van der Waals surface area contributed by atoms with Gasteiger partial charge in [0.1, 0.15) is 5.75 Å². The van der Waals surface area contributed by atoms with Gasteiger partial charge in [-0.3, -0.25) is 4.79 Å². The number of hydrogen-bond acceptors (Lipinski definition) is 4. The second-order valence-corrected chi connectivity index (χ2v) is 8.36. The van der Waals surface area contributed by atoms with Crippen molar-refractivity contribution in [2.75, 3.05) is 13.7 Å². The highest BCUT2D eigenvalue weighted by molar-refractivity contribution is 5.97. The van der Waals surface area contributed by atoms with Crippen molar-refractivity contribution in [3.8, 4) is 5.75 Å². The van der Waals surface area contributed by atoms with Crippen LogP contribution in [0.15, 0.2) is 42.5 Å². The Morgan fingerprint density at radius 3 is 2.50 bits per heavy atom. The zero-order valence-electron chi connectivity index (χ0n) is 18.7. The van der Waals surface area contributed by atoms with Crippen LogP contribution in [0.4, 0.5) is 13.2 Å². The van der Waals surface area contributed by atoms with Crippen molar-refractivity contribution in [2.24, 2.45) is 5.73 Å². The third-order valence-corrected chi connectivity index (χ3v) is 6.24. The molecule has 0 fully saturated rings. The van der Waals surface area contributed by atoms with Crippen LogP contribution in [-0.4, -0.2) is 30.2 Å². The van der Waals surface area contributed by atoms with Crippen LogP contribution < -0.4 is 10.5 Å². The Morgan fingerprint density at radius 2 is 1.85 bits per heavy atom. The van der Waals surface area contributed by atoms with Crippen LogP contribution in [0.25, 0.3) is 10.9 Å². The lowest BCUT2D eigenvalue weighted by Crippen LogP contribution is -2.21. The number of fused-ring (bicyclic) bond motifs is 3. The van der Waals surface area contributed by atoms with Gasteiger partial charge >= 0.3 is 12.1 Å². The van der Waals surface area contributed by atoms with Crippen LogP contribution in [-0.2, 0) is 33.5 Å². The average Bonchev–Trinajstić information content (AvgIpc) is 2.95. The lowest BCUT2D eigenvalue weighted by atomic mass is 9.92. The fourth-order valence-electron chi connectivity index (χ4n) is 4.64. The number of nitrogens with two attached hydrogens (primary N) is 1. The zero-order valence-corrected chi connectivity index (χ0v) is 18.7. The summed E-state index contributed by atoms with van der Waals surface area (Å²) in [6.45, 7) is 0.0195. The number of benzene rings is 2. The van der Waals surface area contributed by atoms with Crippen molar-refractivity contribution in [1.82, 2.24) is 4.57 Å². The molecule has 1 aliphatic carbocycles. The van der Waals surface area contributed by atoms with Gasteiger partial charge in [-0.2, -0.15) is 13.2 Å². The highest BCUT2D eigenvalue weighted by atomic mass is 19.4. The van der Waals surface area contributed by atoms with E-state index in [2.05, 4.69) is 4.74 Å². The molecule has 4 rings (SSSR count). The Hall–Kier alpha value is -3.49. The maximum absolute atomic E-state index is 13.0. The lowest BCUT2D eigenvalue weighted by Gasteiger charge is -2.14. The predicted molar refractivity (Wildman–Crippen MR) is 119 cm³/mol. The minimum Gasteiger partial charge on any atom is -0.481 e.